The smallest absolute Gasteiger partial charge is 0.00134 e. The van der Waals surface area contributed by atoms with Crippen LogP contribution in [0.2, 0.25) is 0 Å². The predicted octanol–water partition coefficient (Wildman–Crippen LogP) is 7.63. The zero-order chi connectivity index (χ0) is 19.2. The van der Waals surface area contributed by atoms with Crippen molar-refractivity contribution in [2.45, 2.75) is 47.0 Å². The lowest BCUT2D eigenvalue weighted by atomic mass is 10.0. The standard InChI is InChI=1S/C14H12.C10H10.C3H8/c1-10-6-7-14-12(8-10)9-11-4-2-3-5-13(11)14;1-8-6-7-9-4-2-3-5-10(8)9;1-3-2/h2-8H,9H2,1H3;2-6H,7H2,1H3;3H2,1-2H3. The molecule has 0 fully saturated rings. The number of allylic oxidation sites excluding steroid dienone is 2. The van der Waals surface area contributed by atoms with Gasteiger partial charge in [-0.05, 0) is 65.6 Å². The van der Waals surface area contributed by atoms with Crippen LogP contribution in [0.5, 0.6) is 0 Å². The largest absolute Gasteiger partial charge is 0.0766 e. The fraction of sp³-hybridized carbons (Fsp3) is 0.259. The minimum Gasteiger partial charge on any atom is -0.0766 e. The van der Waals surface area contributed by atoms with Crippen molar-refractivity contribution < 1.29 is 0 Å². The normalized spacial score (nSPS) is 12.5. The van der Waals surface area contributed by atoms with Gasteiger partial charge in [0.2, 0.25) is 0 Å². The summed E-state index contributed by atoms with van der Waals surface area (Å²) in [5, 5.41) is 0. The highest BCUT2D eigenvalue weighted by atomic mass is 14.2. The van der Waals surface area contributed by atoms with E-state index in [0.29, 0.717) is 0 Å². The van der Waals surface area contributed by atoms with Crippen molar-refractivity contribution in [2.75, 3.05) is 0 Å². The van der Waals surface area contributed by atoms with E-state index < -0.39 is 0 Å². The summed E-state index contributed by atoms with van der Waals surface area (Å²) >= 11 is 0. The average Bonchev–Trinajstić information content (AvgIpc) is 3.23. The molecule has 0 heteroatoms. The molecule has 0 aliphatic heterocycles. The van der Waals surface area contributed by atoms with Crippen molar-refractivity contribution in [1.82, 2.24) is 0 Å². The second kappa shape index (κ2) is 8.86. The van der Waals surface area contributed by atoms with Crippen LogP contribution in [0.4, 0.5) is 0 Å². The van der Waals surface area contributed by atoms with Crippen LogP contribution in [0.1, 0.15) is 55.0 Å². The third kappa shape index (κ3) is 4.39. The topological polar surface area (TPSA) is 0 Å². The maximum absolute atomic E-state index is 2.30. The highest BCUT2D eigenvalue weighted by Gasteiger charge is 2.16. The zero-order valence-electron chi connectivity index (χ0n) is 17.0. The first-order valence-electron chi connectivity index (χ1n) is 10.1. The van der Waals surface area contributed by atoms with E-state index >= 15 is 0 Å². The van der Waals surface area contributed by atoms with Crippen LogP contribution in [-0.4, -0.2) is 0 Å². The SMILES string of the molecule is CC1=CCc2ccccc21.CCC.Cc1ccc2c(c1)Cc1ccccc1-2. The molecule has 0 N–H and O–H groups in total. The van der Waals surface area contributed by atoms with Crippen LogP contribution in [0.15, 0.2) is 72.8 Å². The molecule has 0 bridgehead atoms. The Morgan fingerprint density at radius 1 is 0.667 bits per heavy atom. The Morgan fingerprint density at radius 2 is 1.26 bits per heavy atom. The lowest BCUT2D eigenvalue weighted by Crippen LogP contribution is -1.80. The summed E-state index contributed by atoms with van der Waals surface area (Å²) in [5.41, 5.74) is 11.5. The minimum atomic E-state index is 1.10. The van der Waals surface area contributed by atoms with Gasteiger partial charge < -0.3 is 0 Å². The molecule has 0 heterocycles. The minimum absolute atomic E-state index is 1.10. The predicted molar refractivity (Wildman–Crippen MR) is 119 cm³/mol. The van der Waals surface area contributed by atoms with Gasteiger partial charge in [-0.3, -0.25) is 0 Å². The maximum Gasteiger partial charge on any atom is -0.00134 e. The van der Waals surface area contributed by atoms with Crippen LogP contribution in [0.25, 0.3) is 16.7 Å². The van der Waals surface area contributed by atoms with Crippen molar-refractivity contribution in [2.24, 2.45) is 0 Å². The summed E-state index contributed by atoms with van der Waals surface area (Å²) in [6.45, 7) is 8.58. The molecule has 0 nitrogen and oxygen atoms in total. The molecule has 2 aliphatic rings. The van der Waals surface area contributed by atoms with Crippen LogP contribution in [-0.2, 0) is 12.8 Å². The molecule has 3 aromatic rings. The molecule has 138 valence electrons. The molecule has 0 unspecified atom stereocenters. The van der Waals surface area contributed by atoms with E-state index in [1.165, 1.54) is 50.9 Å². The van der Waals surface area contributed by atoms with Gasteiger partial charge in [0.15, 0.2) is 0 Å². The van der Waals surface area contributed by atoms with Gasteiger partial charge in [0.1, 0.15) is 0 Å². The Kier molecular flexibility index (Phi) is 6.29. The summed E-state index contributed by atoms with van der Waals surface area (Å²) in [5.74, 6) is 0. The summed E-state index contributed by atoms with van der Waals surface area (Å²) in [6, 6.07) is 24.0. The summed E-state index contributed by atoms with van der Waals surface area (Å²) in [7, 11) is 0. The van der Waals surface area contributed by atoms with E-state index in [9.17, 15) is 0 Å². The first kappa shape index (κ1) is 19.2. The van der Waals surface area contributed by atoms with Gasteiger partial charge >= 0.3 is 0 Å². The van der Waals surface area contributed by atoms with Gasteiger partial charge in [0, 0.05) is 0 Å². The highest BCUT2D eigenvalue weighted by Crippen LogP contribution is 2.36. The molecule has 3 aromatic carbocycles. The zero-order valence-corrected chi connectivity index (χ0v) is 17.0. The Labute approximate surface area is 164 Å². The van der Waals surface area contributed by atoms with Crippen molar-refractivity contribution in [3.05, 3.63) is 101 Å². The summed E-state index contributed by atoms with van der Waals surface area (Å²) < 4.78 is 0. The Bertz CT molecular complexity index is 944. The molecule has 0 saturated carbocycles. The molecule has 5 rings (SSSR count). The van der Waals surface area contributed by atoms with Crippen LogP contribution < -0.4 is 0 Å². The average molecular weight is 355 g/mol. The molecule has 2 aliphatic carbocycles. The molecular weight excluding hydrogens is 324 g/mol. The van der Waals surface area contributed by atoms with Crippen molar-refractivity contribution in [3.8, 4) is 11.1 Å². The molecule has 0 spiro atoms. The number of hydrogen-bond acceptors (Lipinski definition) is 0. The number of hydrogen-bond donors (Lipinski definition) is 0. The third-order valence-corrected chi connectivity index (χ3v) is 5.02. The van der Waals surface area contributed by atoms with E-state index in [0.717, 1.165) is 12.8 Å². The second-order valence-electron chi connectivity index (χ2n) is 7.45. The maximum atomic E-state index is 2.30. The quantitative estimate of drug-likeness (QED) is 0.304. The van der Waals surface area contributed by atoms with Gasteiger partial charge in [-0.1, -0.05) is 98.6 Å². The first-order chi connectivity index (χ1) is 13.1. The first-order valence-corrected chi connectivity index (χ1v) is 10.1. The Morgan fingerprint density at radius 3 is 1.96 bits per heavy atom. The Hall–Kier alpha value is -2.60. The van der Waals surface area contributed by atoms with Gasteiger partial charge in [0.05, 0.1) is 0 Å². The van der Waals surface area contributed by atoms with Crippen molar-refractivity contribution in [1.29, 1.82) is 0 Å². The molecule has 27 heavy (non-hydrogen) atoms. The van der Waals surface area contributed by atoms with Gasteiger partial charge in [-0.15, -0.1) is 0 Å². The van der Waals surface area contributed by atoms with E-state index in [2.05, 4.69) is 101 Å². The highest BCUT2D eigenvalue weighted by molar-refractivity contribution is 5.76. The van der Waals surface area contributed by atoms with Crippen LogP contribution in [0, 0.1) is 6.92 Å². The number of fused-ring (bicyclic) bond motifs is 4. The van der Waals surface area contributed by atoms with E-state index in [1.54, 1.807) is 0 Å². The molecular formula is C27H30. The van der Waals surface area contributed by atoms with E-state index in [4.69, 9.17) is 0 Å². The van der Waals surface area contributed by atoms with Crippen LogP contribution in [0.3, 0.4) is 0 Å². The van der Waals surface area contributed by atoms with E-state index in [1.807, 2.05) is 0 Å². The van der Waals surface area contributed by atoms with Gasteiger partial charge in [-0.2, -0.15) is 0 Å². The molecule has 0 amide bonds. The van der Waals surface area contributed by atoms with Gasteiger partial charge in [0.25, 0.3) is 0 Å². The molecule has 0 saturated heterocycles. The van der Waals surface area contributed by atoms with Crippen LogP contribution >= 0.6 is 0 Å². The number of rotatable bonds is 0. The molecule has 0 radical (unpaired) electrons. The van der Waals surface area contributed by atoms with Crippen molar-refractivity contribution in [3.63, 3.8) is 0 Å². The van der Waals surface area contributed by atoms with Gasteiger partial charge in [-0.25, -0.2) is 0 Å². The number of aryl methyl sites for hydroxylation is 1. The summed E-state index contributed by atoms with van der Waals surface area (Å²) in [4.78, 5) is 0. The number of benzene rings is 3. The molecule has 0 atom stereocenters. The fourth-order valence-electron chi connectivity index (χ4n) is 3.73. The lowest BCUT2D eigenvalue weighted by molar-refractivity contribution is 1.09. The second-order valence-corrected chi connectivity index (χ2v) is 7.45. The van der Waals surface area contributed by atoms with E-state index in [-0.39, 0.29) is 0 Å². The van der Waals surface area contributed by atoms with Crippen molar-refractivity contribution >= 4 is 5.57 Å². The lowest BCUT2D eigenvalue weighted by Gasteiger charge is -2.00. The molecule has 0 aromatic heterocycles. The third-order valence-electron chi connectivity index (χ3n) is 5.02. The monoisotopic (exact) mass is 354 g/mol. The summed E-state index contributed by atoms with van der Waals surface area (Å²) in [6.07, 6.45) is 5.76. The Balaban J connectivity index is 0.000000142. The fourth-order valence-corrected chi connectivity index (χ4v) is 3.73.